The molecule has 0 aliphatic heterocycles. The molecule has 1 N–H and O–H groups in total. The van der Waals surface area contributed by atoms with E-state index in [0.717, 1.165) is 24.3 Å². The normalized spacial score (nSPS) is 28.3. The smallest absolute Gasteiger partial charge is 0.159 e. The molecule has 0 heterocycles. The van der Waals surface area contributed by atoms with E-state index in [1.165, 1.54) is 25.0 Å². The summed E-state index contributed by atoms with van der Waals surface area (Å²) >= 11 is 0. The van der Waals surface area contributed by atoms with Gasteiger partial charge in [-0.15, -0.1) is 0 Å². The maximum atomic E-state index is 13.2. The van der Waals surface area contributed by atoms with Crippen molar-refractivity contribution in [2.75, 3.05) is 7.05 Å². The highest BCUT2D eigenvalue weighted by molar-refractivity contribution is 5.18. The van der Waals surface area contributed by atoms with Crippen LogP contribution < -0.4 is 5.32 Å². The second kappa shape index (κ2) is 5.79. The van der Waals surface area contributed by atoms with Gasteiger partial charge < -0.3 is 5.32 Å². The molecule has 0 saturated heterocycles. The molecule has 1 nitrogen and oxygen atoms in total. The van der Waals surface area contributed by atoms with Crippen molar-refractivity contribution in [2.45, 2.75) is 38.6 Å². The molecule has 1 aromatic carbocycles. The second-order valence-electron chi connectivity index (χ2n) is 5.53. The highest BCUT2D eigenvalue weighted by atomic mass is 19.2. The molecule has 1 aliphatic rings. The lowest BCUT2D eigenvalue weighted by Gasteiger charge is -2.35. The van der Waals surface area contributed by atoms with Crippen molar-refractivity contribution >= 4 is 0 Å². The van der Waals surface area contributed by atoms with E-state index in [2.05, 4.69) is 12.2 Å². The Morgan fingerprint density at radius 3 is 2.67 bits per heavy atom. The number of rotatable bonds is 3. The zero-order chi connectivity index (χ0) is 13.1. The van der Waals surface area contributed by atoms with Crippen molar-refractivity contribution < 1.29 is 8.78 Å². The third-order valence-electron chi connectivity index (χ3n) is 4.10. The van der Waals surface area contributed by atoms with Gasteiger partial charge in [-0.25, -0.2) is 8.78 Å². The summed E-state index contributed by atoms with van der Waals surface area (Å²) in [5, 5.41) is 3.35. The summed E-state index contributed by atoms with van der Waals surface area (Å²) in [6.45, 7) is 2.27. The van der Waals surface area contributed by atoms with Crippen molar-refractivity contribution in [1.82, 2.24) is 5.32 Å². The number of hydrogen-bond donors (Lipinski definition) is 1. The van der Waals surface area contributed by atoms with Crippen molar-refractivity contribution in [3.8, 4) is 0 Å². The molecule has 1 aromatic rings. The van der Waals surface area contributed by atoms with Crippen LogP contribution >= 0.6 is 0 Å². The van der Waals surface area contributed by atoms with E-state index in [-0.39, 0.29) is 0 Å². The van der Waals surface area contributed by atoms with Gasteiger partial charge in [-0.1, -0.05) is 13.0 Å². The molecule has 18 heavy (non-hydrogen) atoms. The monoisotopic (exact) mass is 253 g/mol. The molecule has 0 aromatic heterocycles. The molecule has 3 unspecified atom stereocenters. The van der Waals surface area contributed by atoms with E-state index in [1.54, 1.807) is 6.07 Å². The Hall–Kier alpha value is -0.960. The Kier molecular flexibility index (Phi) is 4.33. The Morgan fingerprint density at radius 2 is 2.00 bits per heavy atom. The Labute approximate surface area is 108 Å². The van der Waals surface area contributed by atoms with E-state index in [4.69, 9.17) is 0 Å². The lowest BCUT2D eigenvalue weighted by molar-refractivity contribution is 0.220. The third kappa shape index (κ3) is 3.08. The van der Waals surface area contributed by atoms with E-state index in [1.807, 2.05) is 7.05 Å². The molecular weight excluding hydrogens is 232 g/mol. The van der Waals surface area contributed by atoms with Gasteiger partial charge in [0.05, 0.1) is 0 Å². The van der Waals surface area contributed by atoms with Crippen LogP contribution in [0.1, 0.15) is 31.7 Å². The van der Waals surface area contributed by atoms with E-state index < -0.39 is 11.6 Å². The molecule has 0 radical (unpaired) electrons. The minimum Gasteiger partial charge on any atom is -0.317 e. The lowest BCUT2D eigenvalue weighted by atomic mass is 9.76. The molecule has 3 heteroatoms. The zero-order valence-corrected chi connectivity index (χ0v) is 11.0. The summed E-state index contributed by atoms with van der Waals surface area (Å²) in [5.74, 6) is -0.258. The molecule has 2 rings (SSSR count). The molecule has 0 spiro atoms. The maximum absolute atomic E-state index is 13.2. The predicted octanol–water partition coefficient (Wildman–Crippen LogP) is 3.53. The summed E-state index contributed by atoms with van der Waals surface area (Å²) in [6.07, 6.45) is 4.41. The molecular formula is C15H21F2N. The van der Waals surface area contributed by atoms with E-state index in [0.29, 0.717) is 12.0 Å². The first-order valence-electron chi connectivity index (χ1n) is 6.71. The van der Waals surface area contributed by atoms with Crippen LogP contribution in [0.4, 0.5) is 8.78 Å². The highest BCUT2D eigenvalue weighted by Gasteiger charge is 2.27. The van der Waals surface area contributed by atoms with Gasteiger partial charge in [0, 0.05) is 6.04 Å². The minimum atomic E-state index is -0.763. The summed E-state index contributed by atoms with van der Waals surface area (Å²) in [6, 6.07) is 4.76. The Morgan fingerprint density at radius 1 is 1.22 bits per heavy atom. The van der Waals surface area contributed by atoms with Crippen LogP contribution in [-0.4, -0.2) is 13.1 Å². The predicted molar refractivity (Wildman–Crippen MR) is 69.4 cm³/mol. The Bertz CT molecular complexity index is 405. The molecule has 1 fully saturated rings. The molecule has 0 bridgehead atoms. The van der Waals surface area contributed by atoms with Gasteiger partial charge in [0.15, 0.2) is 11.6 Å². The van der Waals surface area contributed by atoms with Crippen molar-refractivity contribution in [3.05, 3.63) is 35.4 Å². The third-order valence-corrected chi connectivity index (χ3v) is 4.10. The van der Waals surface area contributed by atoms with Gasteiger partial charge in [0.1, 0.15) is 0 Å². The second-order valence-corrected chi connectivity index (χ2v) is 5.53. The lowest BCUT2D eigenvalue weighted by Crippen LogP contribution is -2.39. The SMILES string of the molecule is CNC1CCC(C)CC1Cc1ccc(F)c(F)c1. The van der Waals surface area contributed by atoms with E-state index in [9.17, 15) is 8.78 Å². The van der Waals surface area contributed by atoms with Crippen LogP contribution in [0.5, 0.6) is 0 Å². The zero-order valence-electron chi connectivity index (χ0n) is 11.0. The quantitative estimate of drug-likeness (QED) is 0.869. The topological polar surface area (TPSA) is 12.0 Å². The number of hydrogen-bond acceptors (Lipinski definition) is 1. The van der Waals surface area contributed by atoms with Crippen LogP contribution in [-0.2, 0) is 6.42 Å². The fourth-order valence-electron chi connectivity index (χ4n) is 3.07. The fourth-order valence-corrected chi connectivity index (χ4v) is 3.07. The number of benzene rings is 1. The van der Waals surface area contributed by atoms with Crippen LogP contribution in [0.15, 0.2) is 18.2 Å². The molecule has 1 aliphatic carbocycles. The fraction of sp³-hybridized carbons (Fsp3) is 0.600. The van der Waals surface area contributed by atoms with Crippen molar-refractivity contribution in [3.63, 3.8) is 0 Å². The van der Waals surface area contributed by atoms with Crippen LogP contribution in [0, 0.1) is 23.5 Å². The molecule has 0 amide bonds. The summed E-state index contributed by atoms with van der Waals surface area (Å²) < 4.78 is 26.1. The van der Waals surface area contributed by atoms with Gasteiger partial charge in [-0.2, -0.15) is 0 Å². The van der Waals surface area contributed by atoms with Crippen LogP contribution in [0.25, 0.3) is 0 Å². The highest BCUT2D eigenvalue weighted by Crippen LogP contribution is 2.31. The number of nitrogens with one attached hydrogen (secondary N) is 1. The molecule has 1 saturated carbocycles. The van der Waals surface area contributed by atoms with Gasteiger partial charge in [-0.05, 0) is 62.3 Å². The first-order valence-corrected chi connectivity index (χ1v) is 6.71. The van der Waals surface area contributed by atoms with Gasteiger partial charge >= 0.3 is 0 Å². The van der Waals surface area contributed by atoms with Crippen molar-refractivity contribution in [1.29, 1.82) is 0 Å². The first-order chi connectivity index (χ1) is 8.60. The van der Waals surface area contributed by atoms with Gasteiger partial charge in [-0.3, -0.25) is 0 Å². The number of halogens is 2. The van der Waals surface area contributed by atoms with Crippen molar-refractivity contribution in [2.24, 2.45) is 11.8 Å². The van der Waals surface area contributed by atoms with E-state index >= 15 is 0 Å². The molecule has 100 valence electrons. The van der Waals surface area contributed by atoms with Crippen LogP contribution in [0.3, 0.4) is 0 Å². The Balaban J connectivity index is 2.08. The summed E-state index contributed by atoms with van der Waals surface area (Å²) in [7, 11) is 1.99. The summed E-state index contributed by atoms with van der Waals surface area (Å²) in [4.78, 5) is 0. The standard InChI is InChI=1S/C15H21F2N/c1-10-3-6-15(18-2)12(7-10)8-11-4-5-13(16)14(17)9-11/h4-5,9-10,12,15,18H,3,6-8H2,1-2H3. The molecule has 3 atom stereocenters. The average molecular weight is 253 g/mol. The maximum Gasteiger partial charge on any atom is 0.159 e. The average Bonchev–Trinajstić information content (AvgIpc) is 2.34. The first kappa shape index (κ1) is 13.5. The minimum absolute atomic E-state index is 0.495. The van der Waals surface area contributed by atoms with Crippen LogP contribution in [0.2, 0.25) is 0 Å². The van der Waals surface area contributed by atoms with Gasteiger partial charge in [0.25, 0.3) is 0 Å². The largest absolute Gasteiger partial charge is 0.317 e. The summed E-state index contributed by atoms with van der Waals surface area (Å²) in [5.41, 5.74) is 0.897. The van der Waals surface area contributed by atoms with Gasteiger partial charge in [0.2, 0.25) is 0 Å².